The minimum absolute atomic E-state index is 0.00668. The van der Waals surface area contributed by atoms with Gasteiger partial charge in [-0.25, -0.2) is 8.78 Å². The summed E-state index contributed by atoms with van der Waals surface area (Å²) in [7, 11) is -2.19. The third-order valence-corrected chi connectivity index (χ3v) is 12.4. The van der Waals surface area contributed by atoms with Gasteiger partial charge >= 0.3 is 0 Å². The standard InChI is InChI=1S/C30H36F2N2O3Si/c1-30(2,3)38(4,5)37-27(19-6-8-20(31)9-7-19)17-16-25-28(24-15-12-22(33)18-26(24)35)34(29(25)36)23-13-10-21(32)11-14-23/h6-15,18,25,27-28,35H,16-17,33H2,1-5H3/t25-,27+,28-/m1/s1. The second-order valence-corrected chi connectivity index (χ2v) is 16.3. The summed E-state index contributed by atoms with van der Waals surface area (Å²) in [6.07, 6.45) is 0.713. The lowest BCUT2D eigenvalue weighted by Crippen LogP contribution is -2.55. The van der Waals surface area contributed by atoms with Crippen LogP contribution in [0.3, 0.4) is 0 Å². The Morgan fingerprint density at radius 3 is 2.13 bits per heavy atom. The monoisotopic (exact) mass is 538 g/mol. The van der Waals surface area contributed by atoms with Gasteiger partial charge in [-0.2, -0.15) is 0 Å². The molecule has 0 radical (unpaired) electrons. The van der Waals surface area contributed by atoms with E-state index in [1.165, 1.54) is 30.3 Å². The van der Waals surface area contributed by atoms with Crippen molar-refractivity contribution in [1.82, 2.24) is 0 Å². The van der Waals surface area contributed by atoms with Gasteiger partial charge < -0.3 is 20.2 Å². The topological polar surface area (TPSA) is 75.8 Å². The van der Waals surface area contributed by atoms with Crippen molar-refractivity contribution in [3.8, 4) is 5.75 Å². The van der Waals surface area contributed by atoms with E-state index in [4.69, 9.17) is 10.2 Å². The number of nitrogens with two attached hydrogens (primary N) is 1. The number of halogens is 2. The fraction of sp³-hybridized carbons (Fsp3) is 0.367. The van der Waals surface area contributed by atoms with Crippen LogP contribution in [0.2, 0.25) is 18.1 Å². The van der Waals surface area contributed by atoms with Crippen LogP contribution in [0.5, 0.6) is 5.75 Å². The largest absolute Gasteiger partial charge is 0.508 e. The van der Waals surface area contributed by atoms with Crippen LogP contribution in [0.15, 0.2) is 66.7 Å². The van der Waals surface area contributed by atoms with E-state index in [0.29, 0.717) is 29.8 Å². The first kappa shape index (κ1) is 27.8. The van der Waals surface area contributed by atoms with Crippen molar-refractivity contribution >= 4 is 25.6 Å². The molecule has 4 rings (SSSR count). The Kier molecular flexibility index (Phi) is 7.68. The summed E-state index contributed by atoms with van der Waals surface area (Å²) in [5.74, 6) is -1.24. The molecule has 1 aliphatic heterocycles. The van der Waals surface area contributed by atoms with Crippen molar-refractivity contribution in [1.29, 1.82) is 0 Å². The molecule has 0 spiro atoms. The number of amides is 1. The molecule has 38 heavy (non-hydrogen) atoms. The molecule has 1 heterocycles. The molecule has 0 unspecified atom stereocenters. The van der Waals surface area contributed by atoms with Crippen LogP contribution in [0.4, 0.5) is 20.2 Å². The summed E-state index contributed by atoms with van der Waals surface area (Å²) in [5.41, 5.74) is 8.28. The van der Waals surface area contributed by atoms with E-state index >= 15 is 0 Å². The van der Waals surface area contributed by atoms with E-state index in [0.717, 1.165) is 5.56 Å². The van der Waals surface area contributed by atoms with Crippen molar-refractivity contribution < 1.29 is 23.1 Å². The van der Waals surface area contributed by atoms with Crippen LogP contribution in [-0.2, 0) is 9.22 Å². The molecule has 3 aromatic carbocycles. The van der Waals surface area contributed by atoms with Crippen LogP contribution in [0, 0.1) is 17.6 Å². The molecule has 0 bridgehead atoms. The van der Waals surface area contributed by atoms with Gasteiger partial charge in [-0.3, -0.25) is 4.79 Å². The fourth-order valence-electron chi connectivity index (χ4n) is 4.72. The second-order valence-electron chi connectivity index (χ2n) is 11.5. The Morgan fingerprint density at radius 1 is 1.00 bits per heavy atom. The van der Waals surface area contributed by atoms with Crippen LogP contribution >= 0.6 is 0 Å². The Balaban J connectivity index is 1.64. The zero-order valence-corrected chi connectivity index (χ0v) is 23.5. The number of β-lactam (4-membered cyclic amide) rings is 1. The lowest BCUT2D eigenvalue weighted by Gasteiger charge is -2.48. The Morgan fingerprint density at radius 2 is 1.58 bits per heavy atom. The van der Waals surface area contributed by atoms with Gasteiger partial charge in [-0.15, -0.1) is 0 Å². The number of hydrogen-bond acceptors (Lipinski definition) is 4. The molecule has 3 atom stereocenters. The van der Waals surface area contributed by atoms with Gasteiger partial charge in [0.05, 0.1) is 18.1 Å². The molecular weight excluding hydrogens is 502 g/mol. The number of nitrogen functional groups attached to an aromatic ring is 1. The first-order chi connectivity index (χ1) is 17.8. The van der Waals surface area contributed by atoms with E-state index < -0.39 is 26.1 Å². The van der Waals surface area contributed by atoms with Crippen molar-refractivity contribution in [2.45, 2.75) is 63.9 Å². The Bertz CT molecular complexity index is 1290. The summed E-state index contributed by atoms with van der Waals surface area (Å²) in [5, 5.41) is 10.7. The van der Waals surface area contributed by atoms with Crippen LogP contribution in [-0.4, -0.2) is 19.3 Å². The van der Waals surface area contributed by atoms with Gasteiger partial charge in [-0.05, 0) is 79.0 Å². The first-order valence-corrected chi connectivity index (χ1v) is 15.8. The van der Waals surface area contributed by atoms with Gasteiger partial charge in [0.25, 0.3) is 0 Å². The maximum atomic E-state index is 13.7. The molecule has 1 aliphatic rings. The number of nitrogens with zero attached hydrogens (tertiary/aromatic N) is 1. The molecule has 1 saturated heterocycles. The van der Waals surface area contributed by atoms with E-state index in [9.17, 15) is 18.7 Å². The highest BCUT2D eigenvalue weighted by atomic mass is 28.4. The quantitative estimate of drug-likeness (QED) is 0.177. The molecule has 0 aromatic heterocycles. The lowest BCUT2D eigenvalue weighted by molar-refractivity contribution is -0.131. The molecule has 202 valence electrons. The lowest BCUT2D eigenvalue weighted by atomic mass is 9.78. The molecular formula is C30H36F2N2O3Si. The highest BCUT2D eigenvalue weighted by Gasteiger charge is 2.50. The minimum atomic E-state index is -2.19. The van der Waals surface area contributed by atoms with Gasteiger partial charge in [0, 0.05) is 23.0 Å². The van der Waals surface area contributed by atoms with E-state index in [2.05, 4.69) is 33.9 Å². The van der Waals surface area contributed by atoms with Gasteiger partial charge in [0.15, 0.2) is 8.32 Å². The van der Waals surface area contributed by atoms with Gasteiger partial charge in [0.1, 0.15) is 17.4 Å². The highest BCUT2D eigenvalue weighted by Crippen LogP contribution is 2.49. The minimum Gasteiger partial charge on any atom is -0.508 e. The van der Waals surface area contributed by atoms with E-state index in [-0.39, 0.29) is 28.6 Å². The maximum Gasteiger partial charge on any atom is 0.233 e. The van der Waals surface area contributed by atoms with Crippen LogP contribution in [0.25, 0.3) is 0 Å². The molecule has 8 heteroatoms. The van der Waals surface area contributed by atoms with Crippen LogP contribution in [0.1, 0.15) is 56.9 Å². The smallest absolute Gasteiger partial charge is 0.233 e. The number of aromatic hydroxyl groups is 1. The van der Waals surface area contributed by atoms with Crippen molar-refractivity contribution in [3.05, 3.63) is 89.5 Å². The summed E-state index contributed by atoms with van der Waals surface area (Å²) < 4.78 is 34.1. The van der Waals surface area contributed by atoms with E-state index in [1.807, 2.05) is 0 Å². The average Bonchev–Trinajstić information content (AvgIpc) is 2.83. The second kappa shape index (κ2) is 10.5. The number of benzene rings is 3. The molecule has 3 aromatic rings. The summed E-state index contributed by atoms with van der Waals surface area (Å²) in [6, 6.07) is 16.5. The number of anilines is 2. The number of carbonyl (C=O) groups is 1. The average molecular weight is 539 g/mol. The Labute approximate surface area is 224 Å². The number of rotatable bonds is 8. The number of phenolic OH excluding ortho intramolecular Hbond substituents is 1. The van der Waals surface area contributed by atoms with E-state index in [1.54, 1.807) is 41.3 Å². The van der Waals surface area contributed by atoms with Crippen LogP contribution < -0.4 is 10.6 Å². The molecule has 5 nitrogen and oxygen atoms in total. The van der Waals surface area contributed by atoms with Gasteiger partial charge in [0.2, 0.25) is 5.91 Å². The zero-order valence-electron chi connectivity index (χ0n) is 22.5. The van der Waals surface area contributed by atoms with Crippen molar-refractivity contribution in [2.24, 2.45) is 5.92 Å². The van der Waals surface area contributed by atoms with Crippen molar-refractivity contribution in [3.63, 3.8) is 0 Å². The molecule has 0 saturated carbocycles. The molecule has 1 amide bonds. The molecule has 1 fully saturated rings. The predicted molar refractivity (Wildman–Crippen MR) is 149 cm³/mol. The number of phenols is 1. The number of carbonyl (C=O) groups excluding carboxylic acids is 1. The summed E-state index contributed by atoms with van der Waals surface area (Å²) in [4.78, 5) is 15.1. The highest BCUT2D eigenvalue weighted by molar-refractivity contribution is 6.74. The summed E-state index contributed by atoms with van der Waals surface area (Å²) in [6.45, 7) is 10.8. The fourth-order valence-corrected chi connectivity index (χ4v) is 6.04. The first-order valence-electron chi connectivity index (χ1n) is 12.9. The normalized spacial score (nSPS) is 18.8. The van der Waals surface area contributed by atoms with Crippen molar-refractivity contribution in [2.75, 3.05) is 10.6 Å². The Hall–Kier alpha value is -3.23. The SMILES string of the molecule is CC(C)(C)[Si](C)(C)O[C@@H](CC[C@H]1C(=O)N(c2ccc(F)cc2)[C@@H]1c1ccc(N)cc1O)c1ccc(F)cc1. The summed E-state index contributed by atoms with van der Waals surface area (Å²) >= 11 is 0. The molecule has 3 N–H and O–H groups in total. The van der Waals surface area contributed by atoms with Gasteiger partial charge in [-0.1, -0.05) is 39.0 Å². The zero-order chi connectivity index (χ0) is 27.8. The third-order valence-electron chi connectivity index (χ3n) is 7.92. The third kappa shape index (κ3) is 5.61. The predicted octanol–water partition coefficient (Wildman–Crippen LogP) is 7.50. The molecule has 0 aliphatic carbocycles. The maximum absolute atomic E-state index is 13.7. The number of hydrogen-bond donors (Lipinski definition) is 2.